The summed E-state index contributed by atoms with van der Waals surface area (Å²) in [5.41, 5.74) is 2.21. The van der Waals surface area contributed by atoms with Gasteiger partial charge in [-0.25, -0.2) is 19.1 Å². The minimum Gasteiger partial charge on any atom is -0.461 e. The Morgan fingerprint density at radius 1 is 1.24 bits per heavy atom. The van der Waals surface area contributed by atoms with Gasteiger partial charge >= 0.3 is 5.97 Å². The molecule has 1 saturated heterocycles. The van der Waals surface area contributed by atoms with Crippen LogP contribution in [0.25, 0.3) is 0 Å². The number of imide groups is 1. The second kappa shape index (κ2) is 6.00. The van der Waals surface area contributed by atoms with Crippen molar-refractivity contribution >= 4 is 29.4 Å². The molecular weight excluding hydrogens is 333 g/mol. The number of esters is 1. The van der Waals surface area contributed by atoms with Crippen LogP contribution in [0.1, 0.15) is 13.8 Å². The van der Waals surface area contributed by atoms with Gasteiger partial charge in [-0.05, 0) is 31.2 Å². The molecule has 0 radical (unpaired) electrons. The molecule has 0 aromatic heterocycles. The highest BCUT2D eigenvalue weighted by Crippen LogP contribution is 2.34. The van der Waals surface area contributed by atoms with E-state index >= 15 is 0 Å². The zero-order valence-corrected chi connectivity index (χ0v) is 13.4. The van der Waals surface area contributed by atoms with Gasteiger partial charge < -0.3 is 4.74 Å². The number of halogens is 1. The molecule has 0 spiro atoms. The number of ether oxygens (including phenoxy) is 1. The van der Waals surface area contributed by atoms with Gasteiger partial charge in [-0.3, -0.25) is 19.8 Å². The van der Waals surface area contributed by atoms with Crippen molar-refractivity contribution in [2.45, 2.75) is 19.9 Å². The van der Waals surface area contributed by atoms with Crippen molar-refractivity contribution in [1.82, 2.24) is 10.4 Å². The maximum Gasteiger partial charge on any atom is 0.356 e. The first kappa shape index (κ1) is 16.6. The predicted molar refractivity (Wildman–Crippen MR) is 82.0 cm³/mol. The fourth-order valence-electron chi connectivity index (χ4n) is 2.77. The summed E-state index contributed by atoms with van der Waals surface area (Å²) in [7, 11) is 0. The molecule has 9 heteroatoms. The van der Waals surface area contributed by atoms with E-state index in [1.807, 2.05) is 0 Å². The Morgan fingerprint density at radius 2 is 1.88 bits per heavy atom. The maximum atomic E-state index is 13.1. The number of benzene rings is 1. The lowest BCUT2D eigenvalue weighted by Gasteiger charge is -2.22. The molecule has 0 bridgehead atoms. The van der Waals surface area contributed by atoms with Crippen molar-refractivity contribution in [1.29, 1.82) is 0 Å². The Bertz CT molecular complexity index is 818. The number of carbonyl (C=O) groups is 4. The van der Waals surface area contributed by atoms with E-state index in [-0.39, 0.29) is 23.6 Å². The molecule has 1 aromatic rings. The number of amides is 3. The molecule has 2 heterocycles. The first-order valence-corrected chi connectivity index (χ1v) is 7.48. The normalized spacial score (nSPS) is 19.2. The van der Waals surface area contributed by atoms with Crippen LogP contribution in [0.15, 0.2) is 35.5 Å². The van der Waals surface area contributed by atoms with Crippen LogP contribution in [0.3, 0.4) is 0 Å². The Balaban J connectivity index is 2.08. The number of anilines is 1. The van der Waals surface area contributed by atoms with E-state index in [0.717, 1.165) is 22.0 Å². The van der Waals surface area contributed by atoms with E-state index in [9.17, 15) is 23.6 Å². The molecule has 8 nitrogen and oxygen atoms in total. The van der Waals surface area contributed by atoms with Crippen molar-refractivity contribution < 1.29 is 28.3 Å². The van der Waals surface area contributed by atoms with E-state index < -0.39 is 35.5 Å². The summed E-state index contributed by atoms with van der Waals surface area (Å²) in [5.74, 6) is -3.40. The minimum atomic E-state index is -1.27. The third-order valence-electron chi connectivity index (χ3n) is 3.82. The number of nitrogens with one attached hydrogen (secondary N) is 1. The van der Waals surface area contributed by atoms with Crippen LogP contribution in [0, 0.1) is 5.82 Å². The largest absolute Gasteiger partial charge is 0.461 e. The molecule has 1 atom stereocenters. The van der Waals surface area contributed by atoms with Crippen molar-refractivity contribution in [3.8, 4) is 0 Å². The lowest BCUT2D eigenvalue weighted by atomic mass is 10.1. The Labute approximate surface area is 141 Å². The summed E-state index contributed by atoms with van der Waals surface area (Å²) in [6, 6.07) is 3.47. The van der Waals surface area contributed by atoms with Crippen molar-refractivity contribution in [2.24, 2.45) is 0 Å². The van der Waals surface area contributed by atoms with E-state index in [0.29, 0.717) is 0 Å². The molecule has 0 aliphatic carbocycles. The van der Waals surface area contributed by atoms with Gasteiger partial charge in [0.05, 0.1) is 17.9 Å². The number of nitrogens with zero attached hydrogens (tertiary/aromatic N) is 2. The third kappa shape index (κ3) is 2.53. The van der Waals surface area contributed by atoms with E-state index in [4.69, 9.17) is 4.74 Å². The second-order valence-corrected chi connectivity index (χ2v) is 5.37. The number of hydrogen-bond donors (Lipinski definition) is 1. The zero-order chi connectivity index (χ0) is 18.3. The molecule has 0 saturated carbocycles. The van der Waals surface area contributed by atoms with Crippen LogP contribution < -0.4 is 10.3 Å². The Hall–Kier alpha value is -3.23. The smallest absolute Gasteiger partial charge is 0.356 e. The van der Waals surface area contributed by atoms with Gasteiger partial charge in [0.15, 0.2) is 11.7 Å². The molecular formula is C16H14FN3O5. The van der Waals surface area contributed by atoms with Gasteiger partial charge in [0.2, 0.25) is 5.91 Å². The van der Waals surface area contributed by atoms with Crippen LogP contribution in [0.5, 0.6) is 0 Å². The monoisotopic (exact) mass is 347 g/mol. The summed E-state index contributed by atoms with van der Waals surface area (Å²) in [6.45, 7) is 2.84. The number of carbonyl (C=O) groups excluding carboxylic acids is 4. The molecule has 1 N–H and O–H groups in total. The highest BCUT2D eigenvalue weighted by atomic mass is 19.1. The van der Waals surface area contributed by atoms with Crippen molar-refractivity contribution in [3.05, 3.63) is 41.4 Å². The lowest BCUT2D eigenvalue weighted by molar-refractivity contribution is -0.141. The van der Waals surface area contributed by atoms with E-state index in [1.54, 1.807) is 6.92 Å². The number of fused-ring (bicyclic) bond motifs is 1. The van der Waals surface area contributed by atoms with Gasteiger partial charge in [-0.2, -0.15) is 0 Å². The van der Waals surface area contributed by atoms with Gasteiger partial charge in [-0.15, -0.1) is 0 Å². The predicted octanol–water partition coefficient (Wildman–Crippen LogP) is 0.251. The standard InChI is InChI=1S/C16H14FN3O5/c1-3-25-16(24)12-11-13(20(18-12)8(2)21)15(23)19(14(11)22)10-6-4-9(17)5-7-10/h4-7,13,18H,3H2,1-2H3/t13-/m1/s1. The molecule has 3 amide bonds. The van der Waals surface area contributed by atoms with Crippen LogP contribution in [0.4, 0.5) is 10.1 Å². The average Bonchev–Trinajstić information content (AvgIpc) is 3.07. The molecule has 2 aliphatic rings. The fraction of sp³-hybridized carbons (Fsp3) is 0.250. The van der Waals surface area contributed by atoms with Crippen molar-refractivity contribution in [3.63, 3.8) is 0 Å². The highest BCUT2D eigenvalue weighted by Gasteiger charge is 2.55. The highest BCUT2D eigenvalue weighted by molar-refractivity contribution is 6.33. The Morgan fingerprint density at radius 3 is 2.44 bits per heavy atom. The quantitative estimate of drug-likeness (QED) is 0.622. The van der Waals surface area contributed by atoms with Crippen molar-refractivity contribution in [2.75, 3.05) is 11.5 Å². The third-order valence-corrected chi connectivity index (χ3v) is 3.82. The average molecular weight is 347 g/mol. The maximum absolute atomic E-state index is 13.1. The summed E-state index contributed by atoms with van der Waals surface area (Å²) in [6.07, 6.45) is 0. The van der Waals surface area contributed by atoms with Crippen LogP contribution >= 0.6 is 0 Å². The summed E-state index contributed by atoms with van der Waals surface area (Å²) >= 11 is 0. The first-order valence-electron chi connectivity index (χ1n) is 7.48. The summed E-state index contributed by atoms with van der Waals surface area (Å²) in [4.78, 5) is 50.2. The molecule has 130 valence electrons. The van der Waals surface area contributed by atoms with Crippen LogP contribution in [-0.4, -0.2) is 41.3 Å². The van der Waals surface area contributed by atoms with Gasteiger partial charge in [0.25, 0.3) is 11.8 Å². The Kier molecular flexibility index (Phi) is 3.99. The molecule has 1 aromatic carbocycles. The number of rotatable bonds is 3. The number of hydrogen-bond acceptors (Lipinski definition) is 6. The number of hydrazine groups is 1. The second-order valence-electron chi connectivity index (χ2n) is 5.37. The zero-order valence-electron chi connectivity index (χ0n) is 13.4. The van der Waals surface area contributed by atoms with Gasteiger partial charge in [-0.1, -0.05) is 0 Å². The summed E-state index contributed by atoms with van der Waals surface area (Å²) in [5, 5.41) is 0.908. The van der Waals surface area contributed by atoms with Gasteiger partial charge in [0.1, 0.15) is 5.82 Å². The van der Waals surface area contributed by atoms with E-state index in [2.05, 4.69) is 5.43 Å². The fourth-order valence-corrected chi connectivity index (χ4v) is 2.77. The molecule has 3 rings (SSSR count). The van der Waals surface area contributed by atoms with E-state index in [1.165, 1.54) is 19.1 Å². The minimum absolute atomic E-state index is 0.0614. The topological polar surface area (TPSA) is 96.0 Å². The summed E-state index contributed by atoms with van der Waals surface area (Å²) < 4.78 is 18.0. The SMILES string of the molecule is CCOC(=O)C1=C2C(=O)N(c3ccc(F)cc3)C(=O)[C@@H]2N(C(C)=O)N1. The molecule has 0 unspecified atom stereocenters. The molecule has 1 fully saturated rings. The van der Waals surface area contributed by atoms with Gasteiger partial charge in [0, 0.05) is 6.92 Å². The molecule has 2 aliphatic heterocycles. The molecule has 25 heavy (non-hydrogen) atoms. The lowest BCUT2D eigenvalue weighted by Crippen LogP contribution is -2.48. The van der Waals surface area contributed by atoms with Crippen LogP contribution in [0.2, 0.25) is 0 Å². The first-order chi connectivity index (χ1) is 11.9. The van der Waals surface area contributed by atoms with Crippen LogP contribution in [-0.2, 0) is 23.9 Å².